The van der Waals surface area contributed by atoms with E-state index in [4.69, 9.17) is 4.74 Å². The van der Waals surface area contributed by atoms with E-state index in [0.717, 1.165) is 37.1 Å². The fourth-order valence-corrected chi connectivity index (χ4v) is 5.54. The van der Waals surface area contributed by atoms with Gasteiger partial charge in [-0.05, 0) is 81.5 Å². The van der Waals surface area contributed by atoms with Crippen molar-refractivity contribution in [3.05, 3.63) is 24.3 Å². The second-order valence-corrected chi connectivity index (χ2v) is 7.88. The number of amides is 1. The molecule has 4 aliphatic rings. The monoisotopic (exact) mass is 315 g/mol. The van der Waals surface area contributed by atoms with Crippen LogP contribution in [0.1, 0.15) is 45.4 Å². The van der Waals surface area contributed by atoms with E-state index >= 15 is 0 Å². The Balaban J connectivity index is 1.50. The van der Waals surface area contributed by atoms with Gasteiger partial charge in [0.1, 0.15) is 5.75 Å². The quantitative estimate of drug-likeness (QED) is 0.896. The van der Waals surface area contributed by atoms with Crippen molar-refractivity contribution in [1.82, 2.24) is 0 Å². The van der Waals surface area contributed by atoms with Gasteiger partial charge in [0, 0.05) is 5.69 Å². The SMILES string of the molecule is CCOc1ccc(NC(=O)C23CC4CC(CC(O)(C4)C2)C3)cc1. The third-order valence-corrected chi connectivity index (χ3v) is 5.94. The van der Waals surface area contributed by atoms with Crippen LogP contribution in [0.25, 0.3) is 0 Å². The Hall–Kier alpha value is -1.55. The molecule has 4 fully saturated rings. The molecule has 4 nitrogen and oxygen atoms in total. The molecule has 124 valence electrons. The van der Waals surface area contributed by atoms with Gasteiger partial charge in [-0.2, -0.15) is 0 Å². The first-order chi connectivity index (χ1) is 11.0. The molecule has 0 aromatic heterocycles. The summed E-state index contributed by atoms with van der Waals surface area (Å²) < 4.78 is 5.43. The van der Waals surface area contributed by atoms with Crippen LogP contribution < -0.4 is 10.1 Å². The molecule has 2 unspecified atom stereocenters. The van der Waals surface area contributed by atoms with E-state index in [1.54, 1.807) is 0 Å². The molecule has 2 atom stereocenters. The molecule has 1 aromatic rings. The van der Waals surface area contributed by atoms with Gasteiger partial charge >= 0.3 is 0 Å². The second kappa shape index (κ2) is 5.23. The van der Waals surface area contributed by atoms with Crippen molar-refractivity contribution in [2.45, 2.75) is 51.0 Å². The van der Waals surface area contributed by atoms with Gasteiger partial charge in [0.15, 0.2) is 0 Å². The molecular formula is C19H25NO3. The molecule has 1 aromatic carbocycles. The van der Waals surface area contributed by atoms with Gasteiger partial charge in [-0.15, -0.1) is 0 Å². The van der Waals surface area contributed by atoms with Crippen LogP contribution in [0.15, 0.2) is 24.3 Å². The highest BCUT2D eigenvalue weighted by molar-refractivity contribution is 5.95. The second-order valence-electron chi connectivity index (χ2n) is 7.88. The van der Waals surface area contributed by atoms with Crippen LogP contribution in [0.2, 0.25) is 0 Å². The Morgan fingerprint density at radius 2 is 1.87 bits per heavy atom. The topological polar surface area (TPSA) is 58.6 Å². The summed E-state index contributed by atoms with van der Waals surface area (Å²) in [5, 5.41) is 13.9. The zero-order valence-corrected chi connectivity index (χ0v) is 13.7. The van der Waals surface area contributed by atoms with Crippen LogP contribution in [-0.4, -0.2) is 23.2 Å². The van der Waals surface area contributed by atoms with E-state index in [9.17, 15) is 9.90 Å². The van der Waals surface area contributed by atoms with Crippen LogP contribution in [0.4, 0.5) is 5.69 Å². The predicted molar refractivity (Wildman–Crippen MR) is 88.3 cm³/mol. The zero-order chi connectivity index (χ0) is 16.1. The largest absolute Gasteiger partial charge is 0.494 e. The fraction of sp³-hybridized carbons (Fsp3) is 0.632. The van der Waals surface area contributed by atoms with Gasteiger partial charge in [-0.25, -0.2) is 0 Å². The lowest BCUT2D eigenvalue weighted by Crippen LogP contribution is -2.59. The summed E-state index contributed by atoms with van der Waals surface area (Å²) in [5.41, 5.74) is -0.154. The molecule has 1 amide bonds. The highest BCUT2D eigenvalue weighted by Gasteiger charge is 2.60. The van der Waals surface area contributed by atoms with Gasteiger partial charge in [0.2, 0.25) is 5.91 Å². The van der Waals surface area contributed by atoms with Gasteiger partial charge in [-0.1, -0.05) is 0 Å². The molecular weight excluding hydrogens is 290 g/mol. The van der Waals surface area contributed by atoms with Crippen LogP contribution in [0.3, 0.4) is 0 Å². The number of ether oxygens (including phenoxy) is 1. The minimum atomic E-state index is -0.597. The first-order valence-corrected chi connectivity index (χ1v) is 8.77. The maximum absolute atomic E-state index is 13.0. The van der Waals surface area contributed by atoms with Crippen LogP contribution in [0.5, 0.6) is 5.75 Å². The summed E-state index contributed by atoms with van der Waals surface area (Å²) >= 11 is 0. The first kappa shape index (κ1) is 15.0. The maximum atomic E-state index is 13.0. The standard InChI is InChI=1S/C19H25NO3/c1-2-23-16-5-3-15(4-6-16)20-17(21)18-8-13-7-14(9-18)11-19(22,10-13)12-18/h3-6,13-14,22H,2,7-12H2,1H3,(H,20,21). The van der Waals surface area contributed by atoms with E-state index in [0.29, 0.717) is 24.9 Å². The molecule has 4 aliphatic carbocycles. The van der Waals surface area contributed by atoms with Gasteiger partial charge in [0.25, 0.3) is 0 Å². The molecule has 0 radical (unpaired) electrons. The average Bonchev–Trinajstić information content (AvgIpc) is 2.47. The summed E-state index contributed by atoms with van der Waals surface area (Å²) in [6.07, 6.45) is 5.49. The minimum Gasteiger partial charge on any atom is -0.494 e. The zero-order valence-electron chi connectivity index (χ0n) is 13.7. The summed E-state index contributed by atoms with van der Waals surface area (Å²) in [4.78, 5) is 13.0. The normalized spacial score (nSPS) is 37.7. The van der Waals surface area contributed by atoms with Crippen molar-refractivity contribution in [1.29, 1.82) is 0 Å². The van der Waals surface area contributed by atoms with Gasteiger partial charge in [0.05, 0.1) is 17.6 Å². The average molecular weight is 315 g/mol. The van der Waals surface area contributed by atoms with E-state index < -0.39 is 5.60 Å². The number of rotatable bonds is 4. The van der Waals surface area contributed by atoms with Crippen molar-refractivity contribution < 1.29 is 14.6 Å². The Kier molecular flexibility index (Phi) is 3.41. The molecule has 4 saturated carbocycles. The van der Waals surface area contributed by atoms with Gasteiger partial charge in [-0.3, -0.25) is 4.79 Å². The molecule has 0 spiro atoms. The number of aliphatic hydroxyl groups is 1. The number of hydrogen-bond acceptors (Lipinski definition) is 3. The molecule has 0 saturated heterocycles. The molecule has 2 N–H and O–H groups in total. The van der Waals surface area contributed by atoms with Crippen molar-refractivity contribution in [3.63, 3.8) is 0 Å². The summed E-state index contributed by atoms with van der Waals surface area (Å²) in [6, 6.07) is 7.54. The molecule has 4 bridgehead atoms. The smallest absolute Gasteiger partial charge is 0.230 e. The Bertz CT molecular complexity index is 596. The Morgan fingerprint density at radius 3 is 2.43 bits per heavy atom. The van der Waals surface area contributed by atoms with Crippen LogP contribution >= 0.6 is 0 Å². The lowest BCUT2D eigenvalue weighted by Gasteiger charge is -2.59. The van der Waals surface area contributed by atoms with E-state index in [1.807, 2.05) is 31.2 Å². The third-order valence-electron chi connectivity index (χ3n) is 5.94. The number of carbonyl (C=O) groups excluding carboxylic acids is 1. The van der Waals surface area contributed by atoms with Crippen molar-refractivity contribution >= 4 is 11.6 Å². The van der Waals surface area contributed by atoms with Crippen LogP contribution in [-0.2, 0) is 4.79 Å². The molecule has 0 aliphatic heterocycles. The molecule has 0 heterocycles. The maximum Gasteiger partial charge on any atom is 0.230 e. The third kappa shape index (κ3) is 2.63. The summed E-state index contributed by atoms with van der Waals surface area (Å²) in [7, 11) is 0. The number of hydrogen-bond donors (Lipinski definition) is 2. The molecule has 4 heteroatoms. The highest BCUT2D eigenvalue weighted by atomic mass is 16.5. The first-order valence-electron chi connectivity index (χ1n) is 8.77. The number of benzene rings is 1. The predicted octanol–water partition coefficient (Wildman–Crippen LogP) is 3.36. The number of anilines is 1. The van der Waals surface area contributed by atoms with Gasteiger partial charge < -0.3 is 15.2 Å². The lowest BCUT2D eigenvalue weighted by atomic mass is 9.47. The highest BCUT2D eigenvalue weighted by Crippen LogP contribution is 2.61. The number of nitrogens with one attached hydrogen (secondary N) is 1. The van der Waals surface area contributed by atoms with E-state index in [1.165, 1.54) is 6.42 Å². The number of carbonyl (C=O) groups is 1. The van der Waals surface area contributed by atoms with Crippen molar-refractivity contribution in [2.24, 2.45) is 17.3 Å². The van der Waals surface area contributed by atoms with Crippen molar-refractivity contribution in [3.8, 4) is 5.75 Å². The van der Waals surface area contributed by atoms with E-state index in [2.05, 4.69) is 5.32 Å². The summed E-state index contributed by atoms with van der Waals surface area (Å²) in [5.74, 6) is 1.95. The van der Waals surface area contributed by atoms with E-state index in [-0.39, 0.29) is 11.3 Å². The van der Waals surface area contributed by atoms with Crippen LogP contribution in [0, 0.1) is 17.3 Å². The lowest BCUT2D eigenvalue weighted by molar-refractivity contribution is -0.174. The fourth-order valence-electron chi connectivity index (χ4n) is 5.54. The minimum absolute atomic E-state index is 0.0918. The Morgan fingerprint density at radius 1 is 1.22 bits per heavy atom. The molecule has 23 heavy (non-hydrogen) atoms. The van der Waals surface area contributed by atoms with Crippen molar-refractivity contribution in [2.75, 3.05) is 11.9 Å². The molecule has 5 rings (SSSR count). The Labute approximate surface area is 137 Å². The summed E-state index contributed by atoms with van der Waals surface area (Å²) in [6.45, 7) is 2.59.